The minimum Gasteiger partial charge on any atom is -0.331 e. The molecule has 3 rings (SSSR count). The summed E-state index contributed by atoms with van der Waals surface area (Å²) in [5.74, 6) is -1.33. The van der Waals surface area contributed by atoms with Gasteiger partial charge in [-0.1, -0.05) is 24.3 Å². The van der Waals surface area contributed by atoms with Crippen LogP contribution in [0.3, 0.4) is 0 Å². The highest BCUT2D eigenvalue weighted by Crippen LogP contribution is 2.30. The third kappa shape index (κ3) is 3.10. The lowest BCUT2D eigenvalue weighted by Gasteiger charge is -2.23. The Hall–Kier alpha value is -2.23. The van der Waals surface area contributed by atoms with Gasteiger partial charge in [-0.2, -0.15) is 0 Å². The molecule has 0 unspecified atom stereocenters. The predicted molar refractivity (Wildman–Crippen MR) is 75.7 cm³/mol. The van der Waals surface area contributed by atoms with Gasteiger partial charge in [0, 0.05) is 29.8 Å². The van der Waals surface area contributed by atoms with Gasteiger partial charge in [0.1, 0.15) is 11.6 Å². The van der Waals surface area contributed by atoms with Crippen LogP contribution >= 0.6 is 0 Å². The van der Waals surface area contributed by atoms with Gasteiger partial charge in [0.05, 0.1) is 0 Å². The Morgan fingerprint density at radius 1 is 1.10 bits per heavy atom. The molecule has 2 nitrogen and oxygen atoms in total. The molecule has 108 valence electrons. The van der Waals surface area contributed by atoms with E-state index in [9.17, 15) is 13.6 Å². The van der Waals surface area contributed by atoms with Crippen LogP contribution in [0.1, 0.15) is 28.8 Å². The highest BCUT2D eigenvalue weighted by Gasteiger charge is 2.33. The van der Waals surface area contributed by atoms with Crippen LogP contribution in [0.4, 0.5) is 8.78 Å². The minimum atomic E-state index is -0.610. The van der Waals surface area contributed by atoms with Gasteiger partial charge in [0.2, 0.25) is 0 Å². The summed E-state index contributed by atoms with van der Waals surface area (Å²) < 4.78 is 26.7. The van der Waals surface area contributed by atoms with Crippen LogP contribution < -0.4 is 0 Å². The summed E-state index contributed by atoms with van der Waals surface area (Å²) in [5, 5.41) is 0. The van der Waals surface area contributed by atoms with Gasteiger partial charge in [-0.05, 0) is 31.0 Å². The second kappa shape index (κ2) is 5.64. The summed E-state index contributed by atoms with van der Waals surface area (Å²) in [6, 6.07) is 12.6. The number of hydrogen-bond acceptors (Lipinski definition) is 1. The third-order valence-corrected chi connectivity index (χ3v) is 3.63. The average molecular weight is 287 g/mol. The van der Waals surface area contributed by atoms with Gasteiger partial charge >= 0.3 is 0 Å². The van der Waals surface area contributed by atoms with E-state index in [1.807, 2.05) is 6.07 Å². The van der Waals surface area contributed by atoms with Gasteiger partial charge < -0.3 is 4.90 Å². The van der Waals surface area contributed by atoms with E-state index >= 15 is 0 Å². The van der Waals surface area contributed by atoms with Crippen LogP contribution in [-0.2, 0) is 6.54 Å². The lowest BCUT2D eigenvalue weighted by atomic mass is 10.1. The molecule has 1 aliphatic carbocycles. The molecule has 0 bridgehead atoms. The summed E-state index contributed by atoms with van der Waals surface area (Å²) >= 11 is 0. The Morgan fingerprint density at radius 2 is 1.81 bits per heavy atom. The number of rotatable bonds is 4. The topological polar surface area (TPSA) is 20.3 Å². The highest BCUT2D eigenvalue weighted by molar-refractivity contribution is 5.94. The van der Waals surface area contributed by atoms with Crippen LogP contribution in [-0.4, -0.2) is 16.8 Å². The second-order valence-corrected chi connectivity index (χ2v) is 5.27. The van der Waals surface area contributed by atoms with Crippen LogP contribution in [0.25, 0.3) is 0 Å². The van der Waals surface area contributed by atoms with Gasteiger partial charge in [-0.25, -0.2) is 8.78 Å². The maximum atomic E-state index is 13.8. The molecule has 2 aromatic carbocycles. The van der Waals surface area contributed by atoms with Crippen LogP contribution in [0.2, 0.25) is 0 Å². The molecule has 0 aromatic heterocycles. The summed E-state index contributed by atoms with van der Waals surface area (Å²) in [6.07, 6.45) is 1.86. The monoisotopic (exact) mass is 287 g/mol. The van der Waals surface area contributed by atoms with E-state index in [-0.39, 0.29) is 18.5 Å². The van der Waals surface area contributed by atoms with E-state index in [1.165, 1.54) is 12.1 Å². The largest absolute Gasteiger partial charge is 0.331 e. The van der Waals surface area contributed by atoms with E-state index in [2.05, 4.69) is 0 Å². The Balaban J connectivity index is 1.84. The second-order valence-electron chi connectivity index (χ2n) is 5.27. The smallest absolute Gasteiger partial charge is 0.254 e. The molecule has 2 aromatic rings. The summed E-state index contributed by atoms with van der Waals surface area (Å²) in [4.78, 5) is 14.2. The maximum Gasteiger partial charge on any atom is 0.254 e. The number of halogens is 2. The van der Waals surface area contributed by atoms with Crippen molar-refractivity contribution in [3.8, 4) is 0 Å². The number of nitrogens with zero attached hydrogens (tertiary/aromatic N) is 1. The molecule has 1 aliphatic rings. The molecule has 1 saturated carbocycles. The molecular formula is C17H15F2NO. The van der Waals surface area contributed by atoms with Crippen molar-refractivity contribution in [3.05, 3.63) is 71.3 Å². The Bertz CT molecular complexity index is 653. The van der Waals surface area contributed by atoms with Crippen molar-refractivity contribution >= 4 is 5.91 Å². The number of hydrogen-bond donors (Lipinski definition) is 0. The van der Waals surface area contributed by atoms with E-state index in [0.717, 1.165) is 18.9 Å². The first-order valence-electron chi connectivity index (χ1n) is 6.95. The minimum absolute atomic E-state index is 0.109. The molecule has 0 spiro atoms. The highest BCUT2D eigenvalue weighted by atomic mass is 19.1. The zero-order chi connectivity index (χ0) is 14.8. The van der Waals surface area contributed by atoms with Crippen molar-refractivity contribution in [1.29, 1.82) is 0 Å². The predicted octanol–water partition coefficient (Wildman–Crippen LogP) is 3.77. The average Bonchev–Trinajstić information content (AvgIpc) is 3.31. The molecule has 0 atom stereocenters. The van der Waals surface area contributed by atoms with Crippen molar-refractivity contribution in [2.24, 2.45) is 0 Å². The molecule has 1 fully saturated rings. The molecule has 0 heterocycles. The quantitative estimate of drug-likeness (QED) is 0.838. The van der Waals surface area contributed by atoms with Crippen LogP contribution in [0.15, 0.2) is 48.5 Å². The standard InChI is InChI=1S/C17H15F2NO/c18-14-7-6-13(16(19)10-14)11-20(15-8-9-15)17(21)12-4-2-1-3-5-12/h1-7,10,15H,8-9,11H2. The van der Waals surface area contributed by atoms with E-state index in [0.29, 0.717) is 11.1 Å². The van der Waals surface area contributed by atoms with Crippen molar-refractivity contribution in [2.45, 2.75) is 25.4 Å². The fourth-order valence-electron chi connectivity index (χ4n) is 2.33. The molecule has 0 saturated heterocycles. The maximum absolute atomic E-state index is 13.8. The molecule has 4 heteroatoms. The van der Waals surface area contributed by atoms with Crippen molar-refractivity contribution < 1.29 is 13.6 Å². The number of benzene rings is 2. The number of carbonyl (C=O) groups is 1. The third-order valence-electron chi connectivity index (χ3n) is 3.63. The molecular weight excluding hydrogens is 272 g/mol. The van der Waals surface area contributed by atoms with Crippen molar-refractivity contribution in [1.82, 2.24) is 4.90 Å². The lowest BCUT2D eigenvalue weighted by molar-refractivity contribution is 0.0728. The first-order chi connectivity index (χ1) is 10.1. The van der Waals surface area contributed by atoms with E-state index < -0.39 is 11.6 Å². The van der Waals surface area contributed by atoms with Gasteiger partial charge in [-0.15, -0.1) is 0 Å². The van der Waals surface area contributed by atoms with Crippen LogP contribution in [0.5, 0.6) is 0 Å². The number of amides is 1. The zero-order valence-electron chi connectivity index (χ0n) is 11.4. The Kier molecular flexibility index (Phi) is 3.69. The summed E-state index contributed by atoms with van der Waals surface area (Å²) in [7, 11) is 0. The molecule has 0 radical (unpaired) electrons. The van der Waals surface area contributed by atoms with Crippen LogP contribution in [0, 0.1) is 11.6 Å². The van der Waals surface area contributed by atoms with E-state index in [1.54, 1.807) is 29.2 Å². The SMILES string of the molecule is O=C(c1ccccc1)N(Cc1ccc(F)cc1F)C1CC1. The van der Waals surface area contributed by atoms with Crippen molar-refractivity contribution in [2.75, 3.05) is 0 Å². The Morgan fingerprint density at radius 3 is 2.43 bits per heavy atom. The van der Waals surface area contributed by atoms with Gasteiger partial charge in [-0.3, -0.25) is 4.79 Å². The molecule has 0 aliphatic heterocycles. The fraction of sp³-hybridized carbons (Fsp3) is 0.235. The summed E-state index contributed by atoms with van der Waals surface area (Å²) in [5.41, 5.74) is 0.930. The fourth-order valence-corrected chi connectivity index (χ4v) is 2.33. The first-order valence-corrected chi connectivity index (χ1v) is 6.95. The first kappa shape index (κ1) is 13.7. The Labute approximate surface area is 122 Å². The van der Waals surface area contributed by atoms with Crippen molar-refractivity contribution in [3.63, 3.8) is 0 Å². The molecule has 0 N–H and O–H groups in total. The van der Waals surface area contributed by atoms with Gasteiger partial charge in [0.15, 0.2) is 0 Å². The zero-order valence-corrected chi connectivity index (χ0v) is 11.4. The molecule has 1 amide bonds. The number of carbonyl (C=O) groups excluding carboxylic acids is 1. The van der Waals surface area contributed by atoms with E-state index in [4.69, 9.17) is 0 Å². The van der Waals surface area contributed by atoms with Gasteiger partial charge in [0.25, 0.3) is 5.91 Å². The summed E-state index contributed by atoms with van der Waals surface area (Å²) in [6.45, 7) is 0.171. The lowest BCUT2D eigenvalue weighted by Crippen LogP contribution is -2.32. The molecule has 21 heavy (non-hydrogen) atoms. The normalized spacial score (nSPS) is 14.0.